The van der Waals surface area contributed by atoms with E-state index in [4.69, 9.17) is 14.6 Å². The topological polar surface area (TPSA) is 105 Å². The molecule has 0 radical (unpaired) electrons. The number of benzene rings is 1. The third-order valence-electron chi connectivity index (χ3n) is 5.46. The molecule has 0 bridgehead atoms. The van der Waals surface area contributed by atoms with Crippen LogP contribution < -0.4 is 14.8 Å². The zero-order valence-corrected chi connectivity index (χ0v) is 17.8. The van der Waals surface area contributed by atoms with Crippen LogP contribution in [0.5, 0.6) is 11.5 Å². The predicted octanol–water partition coefficient (Wildman–Crippen LogP) is 2.25. The maximum Gasteiger partial charge on any atom is 0.305 e. The van der Waals surface area contributed by atoms with E-state index in [0.29, 0.717) is 24.5 Å². The number of ether oxygens (including phenoxy) is 2. The van der Waals surface area contributed by atoms with Crippen molar-refractivity contribution in [1.29, 1.82) is 0 Å². The summed E-state index contributed by atoms with van der Waals surface area (Å²) in [6.07, 6.45) is 5.35. The molecule has 2 amide bonds. The van der Waals surface area contributed by atoms with Crippen molar-refractivity contribution in [2.45, 2.75) is 44.9 Å². The Morgan fingerprint density at radius 1 is 1.07 bits per heavy atom. The van der Waals surface area contributed by atoms with Gasteiger partial charge in [-0.1, -0.05) is 25.3 Å². The Hall–Kier alpha value is -2.77. The molecule has 1 fully saturated rings. The lowest BCUT2D eigenvalue weighted by molar-refractivity contribution is -0.139. The summed E-state index contributed by atoms with van der Waals surface area (Å²) in [5, 5.41) is 11.7. The molecule has 2 N–H and O–H groups in total. The molecule has 1 aliphatic carbocycles. The fraction of sp³-hybridized carbons (Fsp3) is 0.591. The molecule has 2 rings (SSSR count). The highest BCUT2D eigenvalue weighted by Crippen LogP contribution is 2.27. The van der Waals surface area contributed by atoms with Gasteiger partial charge >= 0.3 is 5.97 Å². The molecule has 30 heavy (non-hydrogen) atoms. The number of carbonyl (C=O) groups is 3. The second-order valence-electron chi connectivity index (χ2n) is 7.52. The van der Waals surface area contributed by atoms with Crippen LogP contribution >= 0.6 is 0 Å². The molecule has 0 unspecified atom stereocenters. The van der Waals surface area contributed by atoms with Gasteiger partial charge in [-0.05, 0) is 37.0 Å². The molecule has 166 valence electrons. The normalized spacial score (nSPS) is 14.1. The van der Waals surface area contributed by atoms with Crippen LogP contribution in [0.1, 0.15) is 44.1 Å². The van der Waals surface area contributed by atoms with Gasteiger partial charge in [0, 0.05) is 19.0 Å². The summed E-state index contributed by atoms with van der Waals surface area (Å²) in [5.41, 5.74) is 0.937. The van der Waals surface area contributed by atoms with Crippen molar-refractivity contribution in [3.05, 3.63) is 23.8 Å². The van der Waals surface area contributed by atoms with Gasteiger partial charge in [0.05, 0.1) is 27.2 Å². The van der Waals surface area contributed by atoms with Crippen molar-refractivity contribution >= 4 is 17.8 Å². The summed E-state index contributed by atoms with van der Waals surface area (Å²) in [4.78, 5) is 37.4. The summed E-state index contributed by atoms with van der Waals surface area (Å²) in [6, 6.07) is 5.51. The zero-order chi connectivity index (χ0) is 21.9. The SMILES string of the molecule is COc1ccc(CCN(CCC(=O)O)C(=O)CNC(=O)C2CCCCC2)cc1OC. The average molecular weight is 421 g/mol. The molecule has 1 aromatic carbocycles. The lowest BCUT2D eigenvalue weighted by atomic mass is 9.89. The number of carboxylic acid groups (broad SMARTS) is 1. The minimum atomic E-state index is -0.967. The molecule has 0 heterocycles. The van der Waals surface area contributed by atoms with Gasteiger partial charge in [-0.25, -0.2) is 0 Å². The molecule has 1 aromatic rings. The number of hydrogen-bond acceptors (Lipinski definition) is 5. The van der Waals surface area contributed by atoms with Gasteiger partial charge in [-0.2, -0.15) is 0 Å². The summed E-state index contributed by atoms with van der Waals surface area (Å²) in [6.45, 7) is 0.336. The molecule has 1 aliphatic rings. The van der Waals surface area contributed by atoms with Gasteiger partial charge < -0.3 is 24.8 Å². The lowest BCUT2D eigenvalue weighted by Crippen LogP contribution is -2.43. The fourth-order valence-electron chi connectivity index (χ4n) is 3.68. The first-order valence-electron chi connectivity index (χ1n) is 10.4. The smallest absolute Gasteiger partial charge is 0.305 e. The highest BCUT2D eigenvalue weighted by molar-refractivity contribution is 5.86. The van der Waals surface area contributed by atoms with Gasteiger partial charge in [0.25, 0.3) is 0 Å². The summed E-state index contributed by atoms with van der Waals surface area (Å²) in [7, 11) is 3.12. The van der Waals surface area contributed by atoms with E-state index < -0.39 is 5.97 Å². The van der Waals surface area contributed by atoms with Crippen LogP contribution in [-0.2, 0) is 20.8 Å². The first-order valence-corrected chi connectivity index (χ1v) is 10.4. The van der Waals surface area contributed by atoms with E-state index in [-0.39, 0.29) is 37.2 Å². The standard InChI is InChI=1S/C22H32N2O6/c1-29-18-9-8-16(14-19(18)30-2)10-12-24(13-11-21(26)27)20(25)15-23-22(28)17-6-4-3-5-7-17/h8-9,14,17H,3-7,10-13,15H2,1-2H3,(H,23,28)(H,26,27). The fourth-order valence-corrected chi connectivity index (χ4v) is 3.68. The van der Waals surface area contributed by atoms with E-state index in [1.807, 2.05) is 12.1 Å². The number of carbonyl (C=O) groups excluding carboxylic acids is 2. The van der Waals surface area contributed by atoms with Crippen molar-refractivity contribution in [1.82, 2.24) is 10.2 Å². The largest absolute Gasteiger partial charge is 0.493 e. The molecule has 0 saturated heterocycles. The van der Waals surface area contributed by atoms with Crippen LogP contribution in [0.15, 0.2) is 18.2 Å². The molecular weight excluding hydrogens is 388 g/mol. The van der Waals surface area contributed by atoms with Gasteiger partial charge in [-0.15, -0.1) is 0 Å². The van der Waals surface area contributed by atoms with E-state index in [2.05, 4.69) is 5.32 Å². The molecule has 0 atom stereocenters. The number of methoxy groups -OCH3 is 2. The highest BCUT2D eigenvalue weighted by atomic mass is 16.5. The number of rotatable bonds is 11. The average Bonchev–Trinajstić information content (AvgIpc) is 2.77. The summed E-state index contributed by atoms with van der Waals surface area (Å²) in [5.74, 6) is -0.137. The van der Waals surface area contributed by atoms with Crippen LogP contribution in [0.3, 0.4) is 0 Å². The Kier molecular flexibility index (Phi) is 9.44. The Labute approximate surface area is 177 Å². The van der Waals surface area contributed by atoms with E-state index >= 15 is 0 Å². The third-order valence-corrected chi connectivity index (χ3v) is 5.46. The van der Waals surface area contributed by atoms with Crippen molar-refractivity contribution in [2.24, 2.45) is 5.92 Å². The van der Waals surface area contributed by atoms with Gasteiger partial charge in [-0.3, -0.25) is 14.4 Å². The van der Waals surface area contributed by atoms with Crippen LogP contribution in [0.2, 0.25) is 0 Å². The minimum Gasteiger partial charge on any atom is -0.493 e. The number of hydrogen-bond donors (Lipinski definition) is 2. The van der Waals surface area contributed by atoms with Crippen molar-refractivity contribution in [3.8, 4) is 11.5 Å². The monoisotopic (exact) mass is 420 g/mol. The molecule has 1 saturated carbocycles. The Morgan fingerprint density at radius 3 is 2.40 bits per heavy atom. The van der Waals surface area contributed by atoms with Crippen LogP contribution in [0, 0.1) is 5.92 Å². The van der Waals surface area contributed by atoms with E-state index in [9.17, 15) is 14.4 Å². The first-order chi connectivity index (χ1) is 14.4. The van der Waals surface area contributed by atoms with Crippen molar-refractivity contribution < 1.29 is 29.0 Å². The molecular formula is C22H32N2O6. The van der Waals surface area contributed by atoms with Crippen LogP contribution in [0.25, 0.3) is 0 Å². The predicted molar refractivity (Wildman–Crippen MR) is 112 cm³/mol. The number of carboxylic acids is 1. The van der Waals surface area contributed by atoms with Crippen molar-refractivity contribution in [2.75, 3.05) is 33.9 Å². The molecule has 8 heteroatoms. The van der Waals surface area contributed by atoms with E-state index in [1.165, 1.54) is 4.90 Å². The highest BCUT2D eigenvalue weighted by Gasteiger charge is 2.22. The summed E-state index contributed by atoms with van der Waals surface area (Å²) < 4.78 is 10.5. The third kappa shape index (κ3) is 7.24. The molecule has 0 aliphatic heterocycles. The number of amides is 2. The van der Waals surface area contributed by atoms with Gasteiger partial charge in [0.15, 0.2) is 11.5 Å². The molecule has 8 nitrogen and oxygen atoms in total. The van der Waals surface area contributed by atoms with Crippen molar-refractivity contribution in [3.63, 3.8) is 0 Å². The van der Waals surface area contributed by atoms with E-state index in [1.54, 1.807) is 20.3 Å². The minimum absolute atomic E-state index is 0.0224. The maximum absolute atomic E-state index is 12.7. The van der Waals surface area contributed by atoms with Gasteiger partial charge in [0.1, 0.15) is 0 Å². The number of nitrogens with one attached hydrogen (secondary N) is 1. The Balaban J connectivity index is 1.94. The first kappa shape index (κ1) is 23.5. The molecule has 0 spiro atoms. The maximum atomic E-state index is 12.7. The number of aliphatic carboxylic acids is 1. The quantitative estimate of drug-likeness (QED) is 0.569. The second kappa shape index (κ2) is 12.0. The van der Waals surface area contributed by atoms with E-state index in [0.717, 1.165) is 37.7 Å². The number of nitrogens with zero attached hydrogens (tertiary/aromatic N) is 1. The Morgan fingerprint density at radius 2 is 1.77 bits per heavy atom. The second-order valence-corrected chi connectivity index (χ2v) is 7.52. The zero-order valence-electron chi connectivity index (χ0n) is 17.8. The summed E-state index contributed by atoms with van der Waals surface area (Å²) >= 11 is 0. The lowest BCUT2D eigenvalue weighted by Gasteiger charge is -2.24. The Bertz CT molecular complexity index is 730. The molecule has 0 aromatic heterocycles. The van der Waals surface area contributed by atoms with Gasteiger partial charge in [0.2, 0.25) is 11.8 Å². The van der Waals surface area contributed by atoms with Crippen LogP contribution in [-0.4, -0.2) is 61.6 Å². The van der Waals surface area contributed by atoms with Crippen LogP contribution in [0.4, 0.5) is 0 Å².